The van der Waals surface area contributed by atoms with Gasteiger partial charge >= 0.3 is 11.9 Å². The number of ether oxygens (including phenoxy) is 2. The molecule has 0 saturated carbocycles. The predicted molar refractivity (Wildman–Crippen MR) is 96.0 cm³/mol. The van der Waals surface area contributed by atoms with E-state index in [0.29, 0.717) is 23.1 Å². The normalized spacial score (nSPS) is 16.0. The quantitative estimate of drug-likeness (QED) is 0.748. The summed E-state index contributed by atoms with van der Waals surface area (Å²) in [5.41, 5.74) is 1.50. The molecule has 25 heavy (non-hydrogen) atoms. The highest BCUT2D eigenvalue weighted by Gasteiger charge is 2.29. The summed E-state index contributed by atoms with van der Waals surface area (Å²) in [6, 6.07) is 0. The first kappa shape index (κ1) is 19.4. The monoisotopic (exact) mass is 367 g/mol. The van der Waals surface area contributed by atoms with Gasteiger partial charge in [-0.15, -0.1) is 11.3 Å². The van der Waals surface area contributed by atoms with Gasteiger partial charge in [-0.25, -0.2) is 4.79 Å². The molecule has 7 heteroatoms. The summed E-state index contributed by atoms with van der Waals surface area (Å²) in [5.74, 6) is -0.552. The van der Waals surface area contributed by atoms with Crippen molar-refractivity contribution >= 4 is 34.2 Å². The zero-order valence-corrected chi connectivity index (χ0v) is 15.8. The van der Waals surface area contributed by atoms with Crippen LogP contribution in [0.1, 0.15) is 60.3 Å². The molecule has 0 aromatic carbocycles. The molecule has 138 valence electrons. The van der Waals surface area contributed by atoms with E-state index >= 15 is 0 Å². The number of fused-ring (bicyclic) bond motifs is 1. The Morgan fingerprint density at radius 1 is 1.28 bits per heavy atom. The molecule has 1 aromatic rings. The van der Waals surface area contributed by atoms with E-state index in [0.717, 1.165) is 36.1 Å². The Morgan fingerprint density at radius 2 is 2.04 bits per heavy atom. The molecule has 0 bridgehead atoms. The lowest BCUT2D eigenvalue weighted by atomic mass is 9.88. The molecule has 6 nitrogen and oxygen atoms in total. The molecule has 0 unspecified atom stereocenters. The fourth-order valence-corrected chi connectivity index (χ4v) is 4.24. The number of esters is 2. The third-order valence-corrected chi connectivity index (χ3v) is 5.36. The molecule has 0 fully saturated rings. The van der Waals surface area contributed by atoms with Crippen molar-refractivity contribution in [1.82, 2.24) is 0 Å². The second kappa shape index (κ2) is 8.99. The smallest absolute Gasteiger partial charge is 0.341 e. The van der Waals surface area contributed by atoms with Crippen LogP contribution in [0.4, 0.5) is 5.00 Å². The summed E-state index contributed by atoms with van der Waals surface area (Å²) < 4.78 is 9.85. The zero-order chi connectivity index (χ0) is 18.4. The Balaban J connectivity index is 2.19. The molecule has 1 amide bonds. The third kappa shape index (κ3) is 5.04. The number of thiophene rings is 1. The minimum absolute atomic E-state index is 0.0140. The standard InChI is InChI=1S/C18H25NO5S/c1-4-9-24-18(22)16-12-6-5-11(2)10-13(12)25-17(16)19-14(20)7-8-15(21)23-3/h11H,4-10H2,1-3H3,(H,19,20)/t11-/m1/s1. The van der Waals surface area contributed by atoms with Gasteiger partial charge in [-0.05, 0) is 37.2 Å². The van der Waals surface area contributed by atoms with Crippen LogP contribution in [-0.4, -0.2) is 31.6 Å². The maximum absolute atomic E-state index is 12.5. The predicted octanol–water partition coefficient (Wildman–Crippen LogP) is 3.33. The molecule has 1 N–H and O–H groups in total. The molecule has 0 radical (unpaired) electrons. The summed E-state index contributed by atoms with van der Waals surface area (Å²) in [7, 11) is 1.29. The van der Waals surface area contributed by atoms with Gasteiger partial charge in [0.1, 0.15) is 5.00 Å². The summed E-state index contributed by atoms with van der Waals surface area (Å²) in [5, 5.41) is 3.33. The van der Waals surface area contributed by atoms with Crippen LogP contribution in [0, 0.1) is 5.92 Å². The first-order valence-electron chi connectivity index (χ1n) is 8.64. The maximum Gasteiger partial charge on any atom is 0.341 e. The third-order valence-electron chi connectivity index (χ3n) is 4.19. The van der Waals surface area contributed by atoms with Crippen LogP contribution < -0.4 is 5.32 Å². The van der Waals surface area contributed by atoms with Gasteiger partial charge in [0.25, 0.3) is 0 Å². The van der Waals surface area contributed by atoms with E-state index in [2.05, 4.69) is 17.0 Å². The number of nitrogens with one attached hydrogen (secondary N) is 1. The van der Waals surface area contributed by atoms with Crippen LogP contribution in [0.2, 0.25) is 0 Å². The van der Waals surface area contributed by atoms with E-state index in [1.54, 1.807) is 0 Å². The van der Waals surface area contributed by atoms with Crippen molar-refractivity contribution in [3.8, 4) is 0 Å². The topological polar surface area (TPSA) is 81.7 Å². The molecular weight excluding hydrogens is 342 g/mol. The highest BCUT2D eigenvalue weighted by molar-refractivity contribution is 7.17. The second-order valence-corrected chi connectivity index (χ2v) is 7.42. The molecule has 0 saturated heterocycles. The Hall–Kier alpha value is -1.89. The average molecular weight is 367 g/mol. The molecular formula is C18H25NO5S. The van der Waals surface area contributed by atoms with Crippen LogP contribution in [0.5, 0.6) is 0 Å². The summed E-state index contributed by atoms with van der Waals surface area (Å²) >= 11 is 1.45. The lowest BCUT2D eigenvalue weighted by Gasteiger charge is -2.18. The first-order valence-corrected chi connectivity index (χ1v) is 9.46. The SMILES string of the molecule is CCCOC(=O)c1c(NC(=O)CCC(=O)OC)sc2c1CC[C@@H](C)C2. The number of methoxy groups -OCH3 is 1. The van der Waals surface area contributed by atoms with Gasteiger partial charge in [-0.1, -0.05) is 13.8 Å². The van der Waals surface area contributed by atoms with E-state index in [1.807, 2.05) is 6.92 Å². The molecule has 1 atom stereocenters. The van der Waals surface area contributed by atoms with Crippen molar-refractivity contribution in [3.05, 3.63) is 16.0 Å². The highest BCUT2D eigenvalue weighted by Crippen LogP contribution is 2.40. The van der Waals surface area contributed by atoms with E-state index in [4.69, 9.17) is 4.74 Å². The number of anilines is 1. The minimum Gasteiger partial charge on any atom is -0.469 e. The van der Waals surface area contributed by atoms with Crippen LogP contribution in [0.3, 0.4) is 0 Å². The van der Waals surface area contributed by atoms with Crippen molar-refractivity contribution < 1.29 is 23.9 Å². The van der Waals surface area contributed by atoms with Crippen molar-refractivity contribution in [1.29, 1.82) is 0 Å². The molecule has 1 aliphatic rings. The molecule has 0 aliphatic heterocycles. The number of hydrogen-bond donors (Lipinski definition) is 1. The van der Waals surface area contributed by atoms with Gasteiger partial charge in [0.2, 0.25) is 5.91 Å². The summed E-state index contributed by atoms with van der Waals surface area (Å²) in [6.07, 6.45) is 3.53. The number of rotatable bonds is 7. The van der Waals surface area contributed by atoms with Crippen LogP contribution >= 0.6 is 11.3 Å². The second-order valence-electron chi connectivity index (χ2n) is 6.32. The van der Waals surface area contributed by atoms with E-state index < -0.39 is 5.97 Å². The van der Waals surface area contributed by atoms with Crippen molar-refractivity contribution in [2.45, 2.75) is 52.4 Å². The number of carbonyl (C=O) groups excluding carboxylic acids is 3. The molecule has 2 rings (SSSR count). The van der Waals surface area contributed by atoms with E-state index in [9.17, 15) is 14.4 Å². The van der Waals surface area contributed by atoms with Crippen LogP contribution in [-0.2, 0) is 31.9 Å². The fourth-order valence-electron chi connectivity index (χ4n) is 2.83. The highest BCUT2D eigenvalue weighted by atomic mass is 32.1. The Bertz CT molecular complexity index is 652. The van der Waals surface area contributed by atoms with Crippen molar-refractivity contribution in [2.75, 3.05) is 19.0 Å². The van der Waals surface area contributed by atoms with Crippen LogP contribution in [0.25, 0.3) is 0 Å². The van der Waals surface area contributed by atoms with E-state index in [-0.39, 0.29) is 24.7 Å². The van der Waals surface area contributed by atoms with Gasteiger partial charge in [-0.2, -0.15) is 0 Å². The molecule has 1 heterocycles. The maximum atomic E-state index is 12.5. The Kier molecular flexibility index (Phi) is 6.99. The zero-order valence-electron chi connectivity index (χ0n) is 15.0. The van der Waals surface area contributed by atoms with Crippen LogP contribution in [0.15, 0.2) is 0 Å². The van der Waals surface area contributed by atoms with Gasteiger partial charge in [0.05, 0.1) is 25.7 Å². The summed E-state index contributed by atoms with van der Waals surface area (Å²) in [6.45, 7) is 4.48. The van der Waals surface area contributed by atoms with Gasteiger partial charge < -0.3 is 14.8 Å². The Labute approximate surface area is 151 Å². The number of carbonyl (C=O) groups is 3. The molecule has 0 spiro atoms. The largest absolute Gasteiger partial charge is 0.469 e. The fraction of sp³-hybridized carbons (Fsp3) is 0.611. The summed E-state index contributed by atoms with van der Waals surface area (Å²) in [4.78, 5) is 37.0. The van der Waals surface area contributed by atoms with Crippen molar-refractivity contribution in [3.63, 3.8) is 0 Å². The van der Waals surface area contributed by atoms with Crippen molar-refractivity contribution in [2.24, 2.45) is 5.92 Å². The minimum atomic E-state index is -0.433. The lowest BCUT2D eigenvalue weighted by Crippen LogP contribution is -2.17. The molecule has 1 aromatic heterocycles. The van der Waals surface area contributed by atoms with Gasteiger partial charge in [0, 0.05) is 11.3 Å². The number of hydrogen-bond acceptors (Lipinski definition) is 6. The van der Waals surface area contributed by atoms with E-state index in [1.165, 1.54) is 18.4 Å². The average Bonchev–Trinajstić information content (AvgIpc) is 2.94. The lowest BCUT2D eigenvalue weighted by molar-refractivity contribution is -0.141. The molecule has 1 aliphatic carbocycles. The van der Waals surface area contributed by atoms with Gasteiger partial charge in [0.15, 0.2) is 0 Å². The first-order chi connectivity index (χ1) is 12.0. The number of amides is 1. The van der Waals surface area contributed by atoms with Gasteiger partial charge in [-0.3, -0.25) is 9.59 Å². The Morgan fingerprint density at radius 3 is 2.72 bits per heavy atom.